The summed E-state index contributed by atoms with van der Waals surface area (Å²) in [5, 5.41) is 10.00. The second-order valence-electron chi connectivity index (χ2n) is 7.32. The molecule has 1 aromatic rings. The van der Waals surface area contributed by atoms with Crippen LogP contribution in [-0.2, 0) is 14.3 Å². The van der Waals surface area contributed by atoms with Crippen LogP contribution in [0.4, 0.5) is 0 Å². The molecule has 0 spiro atoms. The molecule has 1 aliphatic heterocycles. The summed E-state index contributed by atoms with van der Waals surface area (Å²) in [7, 11) is 4.90. The molecule has 1 heterocycles. The van der Waals surface area contributed by atoms with E-state index in [0.717, 1.165) is 37.0 Å². The van der Waals surface area contributed by atoms with Crippen LogP contribution in [-0.4, -0.2) is 68.1 Å². The van der Waals surface area contributed by atoms with Crippen LogP contribution >= 0.6 is 0 Å². The summed E-state index contributed by atoms with van der Waals surface area (Å²) in [4.78, 5) is 14.5. The van der Waals surface area contributed by atoms with Crippen LogP contribution in [0.15, 0.2) is 24.3 Å². The standard InChI is InChI=1S/C20H29NO5/c1-24-16-8-4-14(5-9-16)18-12-21(13-20(18,26-3)19(22)23)15-6-10-17(25-2)11-7-15/h4-5,8-9,15,17-18H,6-7,10-13H2,1-3H3,(H,22,23)/t15-,17+,18-,20-/m0/s1. The first kappa shape index (κ1) is 19.1. The van der Waals surface area contributed by atoms with Crippen molar-refractivity contribution in [2.45, 2.75) is 49.3 Å². The van der Waals surface area contributed by atoms with Crippen LogP contribution in [0.25, 0.3) is 0 Å². The Morgan fingerprint density at radius 1 is 1.12 bits per heavy atom. The highest BCUT2D eigenvalue weighted by Crippen LogP contribution is 2.42. The van der Waals surface area contributed by atoms with Gasteiger partial charge in [0, 0.05) is 39.3 Å². The highest BCUT2D eigenvalue weighted by atomic mass is 16.5. The Labute approximate surface area is 155 Å². The van der Waals surface area contributed by atoms with Gasteiger partial charge in [0.25, 0.3) is 0 Å². The van der Waals surface area contributed by atoms with Crippen molar-refractivity contribution in [2.75, 3.05) is 34.4 Å². The Bertz CT molecular complexity index is 611. The van der Waals surface area contributed by atoms with Gasteiger partial charge in [-0.2, -0.15) is 0 Å². The van der Waals surface area contributed by atoms with Crippen LogP contribution in [0, 0.1) is 0 Å². The van der Waals surface area contributed by atoms with E-state index in [0.29, 0.717) is 25.2 Å². The summed E-state index contributed by atoms with van der Waals surface area (Å²) in [5.74, 6) is -0.343. The lowest BCUT2D eigenvalue weighted by atomic mass is 9.84. The third kappa shape index (κ3) is 3.46. The van der Waals surface area contributed by atoms with E-state index in [2.05, 4.69) is 4.90 Å². The number of benzene rings is 1. The van der Waals surface area contributed by atoms with Crippen LogP contribution in [0.1, 0.15) is 37.2 Å². The first-order valence-electron chi connectivity index (χ1n) is 9.23. The maximum Gasteiger partial charge on any atom is 0.338 e. The Kier molecular flexibility index (Phi) is 5.85. The number of hydrogen-bond acceptors (Lipinski definition) is 5. The minimum atomic E-state index is -1.22. The second kappa shape index (κ2) is 7.94. The van der Waals surface area contributed by atoms with Crippen molar-refractivity contribution in [3.05, 3.63) is 29.8 Å². The Hall–Kier alpha value is -1.63. The molecule has 26 heavy (non-hydrogen) atoms. The van der Waals surface area contributed by atoms with Gasteiger partial charge in [0.2, 0.25) is 0 Å². The predicted octanol–water partition coefficient (Wildman–Crippen LogP) is 2.52. The number of hydrogen-bond donors (Lipinski definition) is 1. The van der Waals surface area contributed by atoms with Crippen molar-refractivity contribution < 1.29 is 24.1 Å². The summed E-state index contributed by atoms with van der Waals surface area (Å²) in [6.45, 7) is 1.10. The van der Waals surface area contributed by atoms with Gasteiger partial charge in [-0.05, 0) is 43.4 Å². The van der Waals surface area contributed by atoms with Crippen molar-refractivity contribution >= 4 is 5.97 Å². The number of ether oxygens (including phenoxy) is 3. The largest absolute Gasteiger partial charge is 0.497 e. The molecule has 0 bridgehead atoms. The topological polar surface area (TPSA) is 68.2 Å². The summed E-state index contributed by atoms with van der Waals surface area (Å²) >= 11 is 0. The van der Waals surface area contributed by atoms with Crippen LogP contribution in [0.3, 0.4) is 0 Å². The molecule has 1 saturated heterocycles. The number of rotatable bonds is 6. The van der Waals surface area contributed by atoms with Gasteiger partial charge in [-0.1, -0.05) is 12.1 Å². The average Bonchev–Trinajstić information content (AvgIpc) is 3.09. The third-order valence-corrected chi connectivity index (χ3v) is 6.16. The molecule has 3 rings (SSSR count). The summed E-state index contributed by atoms with van der Waals surface area (Å²) in [5.41, 5.74) is -0.240. The van der Waals surface area contributed by atoms with E-state index in [4.69, 9.17) is 14.2 Å². The van der Waals surface area contributed by atoms with Gasteiger partial charge in [0.15, 0.2) is 5.60 Å². The zero-order chi connectivity index (χ0) is 18.7. The fourth-order valence-corrected chi connectivity index (χ4v) is 4.50. The molecule has 6 nitrogen and oxygen atoms in total. The van der Waals surface area contributed by atoms with Crippen molar-refractivity contribution in [2.24, 2.45) is 0 Å². The van der Waals surface area contributed by atoms with Crippen molar-refractivity contribution in [3.63, 3.8) is 0 Å². The molecular formula is C20H29NO5. The van der Waals surface area contributed by atoms with Gasteiger partial charge >= 0.3 is 5.97 Å². The lowest BCUT2D eigenvalue weighted by molar-refractivity contribution is -0.162. The smallest absolute Gasteiger partial charge is 0.338 e. The van der Waals surface area contributed by atoms with E-state index in [1.54, 1.807) is 14.2 Å². The molecule has 1 saturated carbocycles. The first-order chi connectivity index (χ1) is 12.5. The average molecular weight is 363 g/mol. The van der Waals surface area contributed by atoms with E-state index in [1.165, 1.54) is 7.11 Å². The molecule has 2 aliphatic rings. The van der Waals surface area contributed by atoms with E-state index in [-0.39, 0.29) is 5.92 Å². The molecule has 0 aromatic heterocycles. The van der Waals surface area contributed by atoms with E-state index < -0.39 is 11.6 Å². The fourth-order valence-electron chi connectivity index (χ4n) is 4.50. The van der Waals surface area contributed by atoms with Crippen molar-refractivity contribution in [1.82, 2.24) is 4.90 Å². The zero-order valence-electron chi connectivity index (χ0n) is 15.8. The molecule has 0 unspecified atom stereocenters. The van der Waals surface area contributed by atoms with Gasteiger partial charge in [-0.25, -0.2) is 4.79 Å². The fraction of sp³-hybridized carbons (Fsp3) is 0.650. The lowest BCUT2D eigenvalue weighted by Gasteiger charge is -2.34. The van der Waals surface area contributed by atoms with E-state index in [9.17, 15) is 9.90 Å². The van der Waals surface area contributed by atoms with Crippen molar-refractivity contribution in [3.8, 4) is 5.75 Å². The molecule has 1 aliphatic carbocycles. The van der Waals surface area contributed by atoms with E-state index in [1.807, 2.05) is 24.3 Å². The van der Waals surface area contributed by atoms with Gasteiger partial charge in [0.05, 0.1) is 13.2 Å². The van der Waals surface area contributed by atoms with Gasteiger partial charge in [-0.15, -0.1) is 0 Å². The minimum absolute atomic E-state index is 0.212. The zero-order valence-corrected chi connectivity index (χ0v) is 15.8. The Morgan fingerprint density at radius 3 is 2.27 bits per heavy atom. The number of likely N-dealkylation sites (tertiary alicyclic amines) is 1. The number of carboxylic acid groups (broad SMARTS) is 1. The monoisotopic (exact) mass is 363 g/mol. The predicted molar refractivity (Wildman–Crippen MR) is 97.7 cm³/mol. The second-order valence-corrected chi connectivity index (χ2v) is 7.32. The van der Waals surface area contributed by atoms with Gasteiger partial charge in [0.1, 0.15) is 5.75 Å². The molecule has 0 amide bonds. The molecule has 2 atom stereocenters. The molecular weight excluding hydrogens is 334 g/mol. The van der Waals surface area contributed by atoms with Gasteiger partial charge < -0.3 is 19.3 Å². The summed E-state index contributed by atoms with van der Waals surface area (Å²) < 4.78 is 16.3. The SMILES string of the molecule is COc1ccc([C@@H]2CN([C@H]3CC[C@@H](OC)CC3)C[C@@]2(OC)C(=O)O)cc1. The van der Waals surface area contributed by atoms with Crippen LogP contribution < -0.4 is 4.74 Å². The molecule has 6 heteroatoms. The number of aliphatic carboxylic acids is 1. The third-order valence-electron chi connectivity index (χ3n) is 6.16. The molecule has 0 radical (unpaired) electrons. The Balaban J connectivity index is 1.83. The van der Waals surface area contributed by atoms with Crippen LogP contribution in [0.2, 0.25) is 0 Å². The summed E-state index contributed by atoms with van der Waals surface area (Å²) in [6, 6.07) is 8.05. The number of carbonyl (C=O) groups is 1. The first-order valence-corrected chi connectivity index (χ1v) is 9.23. The molecule has 1 N–H and O–H groups in total. The quantitative estimate of drug-likeness (QED) is 0.838. The lowest BCUT2D eigenvalue weighted by Crippen LogP contribution is -2.48. The number of carboxylic acids is 1. The highest BCUT2D eigenvalue weighted by Gasteiger charge is 2.55. The number of methoxy groups -OCH3 is 3. The van der Waals surface area contributed by atoms with Gasteiger partial charge in [-0.3, -0.25) is 4.90 Å². The minimum Gasteiger partial charge on any atom is -0.497 e. The number of nitrogens with zero attached hydrogens (tertiary/aromatic N) is 1. The maximum atomic E-state index is 12.2. The van der Waals surface area contributed by atoms with E-state index >= 15 is 0 Å². The molecule has 1 aromatic carbocycles. The normalized spacial score (nSPS) is 32.5. The molecule has 144 valence electrons. The Morgan fingerprint density at radius 2 is 1.77 bits per heavy atom. The molecule has 2 fully saturated rings. The maximum absolute atomic E-state index is 12.2. The highest BCUT2D eigenvalue weighted by molar-refractivity contribution is 5.80. The van der Waals surface area contributed by atoms with Crippen molar-refractivity contribution in [1.29, 1.82) is 0 Å². The summed E-state index contributed by atoms with van der Waals surface area (Å²) in [6.07, 6.45) is 4.45. The van der Waals surface area contributed by atoms with Crippen LogP contribution in [0.5, 0.6) is 5.75 Å².